The summed E-state index contributed by atoms with van der Waals surface area (Å²) in [4.78, 5) is 15.7. The Hall–Kier alpha value is -0.873. The molecule has 2 rings (SSSR count). The highest BCUT2D eigenvalue weighted by Crippen LogP contribution is 2.43. The summed E-state index contributed by atoms with van der Waals surface area (Å²) in [5.41, 5.74) is 4.96. The number of anilines is 1. The number of hydrogen-bond donors (Lipinski definition) is 3. The van der Waals surface area contributed by atoms with E-state index in [9.17, 15) is 15.0 Å². The predicted octanol–water partition coefficient (Wildman–Crippen LogP) is 1.18. The number of rotatable bonds is 4. The van der Waals surface area contributed by atoms with Gasteiger partial charge in [-0.25, -0.2) is 4.79 Å². The summed E-state index contributed by atoms with van der Waals surface area (Å²) in [5.74, 6) is 0.132. The van der Waals surface area contributed by atoms with Crippen molar-refractivity contribution in [1.82, 2.24) is 9.55 Å². The lowest BCUT2D eigenvalue weighted by molar-refractivity contribution is 0.0109. The summed E-state index contributed by atoms with van der Waals surface area (Å²) in [6.45, 7) is 11.1. The van der Waals surface area contributed by atoms with Crippen molar-refractivity contribution in [2.24, 2.45) is 0 Å². The van der Waals surface area contributed by atoms with E-state index in [1.165, 1.54) is 28.6 Å². The van der Waals surface area contributed by atoms with Gasteiger partial charge in [0, 0.05) is 12.8 Å². The van der Waals surface area contributed by atoms with Crippen LogP contribution in [0, 0.1) is 0 Å². The Kier molecular flexibility index (Phi) is 5.51. The average molecular weight is 374 g/mol. The minimum absolute atomic E-state index is 0.0665. The van der Waals surface area contributed by atoms with E-state index in [-0.39, 0.29) is 16.1 Å². The Morgan fingerprint density at radius 3 is 2.54 bits per heavy atom. The van der Waals surface area contributed by atoms with Crippen LogP contribution in [0.1, 0.15) is 26.1 Å². The van der Waals surface area contributed by atoms with Gasteiger partial charge in [0.15, 0.2) is 8.32 Å². The molecule has 0 bridgehead atoms. The molecule has 1 aliphatic rings. The second-order valence-corrected chi connectivity index (χ2v) is 13.8. The van der Waals surface area contributed by atoms with E-state index in [0.717, 1.165) is 0 Å². The molecule has 2 heterocycles. The summed E-state index contributed by atoms with van der Waals surface area (Å²) >= 11 is 1.33. The maximum absolute atomic E-state index is 12.0. The van der Waals surface area contributed by atoms with Crippen molar-refractivity contribution in [3.05, 3.63) is 22.7 Å². The molecule has 0 aromatic carbocycles. The third-order valence-corrected chi connectivity index (χ3v) is 10.9. The van der Waals surface area contributed by atoms with Crippen LogP contribution in [0.25, 0.3) is 0 Å². The van der Waals surface area contributed by atoms with Gasteiger partial charge in [-0.05, 0) is 24.2 Å². The van der Waals surface area contributed by atoms with E-state index >= 15 is 0 Å². The minimum atomic E-state index is -1.95. The molecule has 1 fully saturated rings. The molecule has 0 amide bonds. The first kappa shape index (κ1) is 19.5. The van der Waals surface area contributed by atoms with E-state index in [1.54, 1.807) is 0 Å². The van der Waals surface area contributed by atoms with Gasteiger partial charge in [-0.15, -0.1) is 11.8 Å². The van der Waals surface area contributed by atoms with Crippen LogP contribution in [0.4, 0.5) is 5.82 Å². The highest BCUT2D eigenvalue weighted by molar-refractivity contribution is 8.00. The standard InChI is InChI=1S/C15H27N3O4SSi/c1-15(2,3)24(4,5)22-8-9-11(19)12(20)13(23-9)18-7-6-10(16)17-14(18)21/h6-7,9,11-13,19-20H,8H2,1-5H3,(H2,16,17,21)/t9-,11-,12-,13-/m1/s1. The Balaban J connectivity index is 2.12. The van der Waals surface area contributed by atoms with Gasteiger partial charge >= 0.3 is 5.69 Å². The number of nitrogens with zero attached hydrogens (tertiary/aromatic N) is 2. The molecule has 9 heteroatoms. The van der Waals surface area contributed by atoms with E-state index < -0.39 is 31.6 Å². The minimum Gasteiger partial charge on any atom is -0.416 e. The molecule has 0 unspecified atom stereocenters. The zero-order valence-electron chi connectivity index (χ0n) is 14.8. The number of aromatic nitrogens is 2. The van der Waals surface area contributed by atoms with Gasteiger partial charge in [0.05, 0.1) is 11.4 Å². The van der Waals surface area contributed by atoms with Crippen LogP contribution >= 0.6 is 11.8 Å². The fraction of sp³-hybridized carbons (Fsp3) is 0.733. The van der Waals surface area contributed by atoms with Gasteiger partial charge in [0.1, 0.15) is 17.3 Å². The first-order chi connectivity index (χ1) is 10.9. The molecule has 1 saturated heterocycles. The van der Waals surface area contributed by atoms with Gasteiger partial charge in [0.2, 0.25) is 0 Å². The van der Waals surface area contributed by atoms with E-state index in [0.29, 0.717) is 6.61 Å². The molecule has 0 radical (unpaired) electrons. The fourth-order valence-corrected chi connectivity index (χ4v) is 4.81. The molecule has 1 aromatic rings. The highest BCUT2D eigenvalue weighted by Gasteiger charge is 2.45. The van der Waals surface area contributed by atoms with Gasteiger partial charge in [-0.1, -0.05) is 20.8 Å². The molecule has 136 valence electrons. The summed E-state index contributed by atoms with van der Waals surface area (Å²) in [7, 11) is -1.95. The summed E-state index contributed by atoms with van der Waals surface area (Å²) in [5, 5.41) is 19.8. The van der Waals surface area contributed by atoms with Crippen molar-refractivity contribution in [2.45, 2.75) is 61.7 Å². The van der Waals surface area contributed by atoms with Crippen LogP contribution in [0.15, 0.2) is 17.1 Å². The van der Waals surface area contributed by atoms with Crippen molar-refractivity contribution in [3.8, 4) is 0 Å². The number of hydrogen-bond acceptors (Lipinski definition) is 7. The zero-order chi connectivity index (χ0) is 18.3. The largest absolute Gasteiger partial charge is 0.416 e. The normalized spacial score (nSPS) is 28.3. The summed E-state index contributed by atoms with van der Waals surface area (Å²) in [6.07, 6.45) is -0.532. The first-order valence-corrected chi connectivity index (χ1v) is 11.8. The summed E-state index contributed by atoms with van der Waals surface area (Å²) < 4.78 is 7.46. The van der Waals surface area contributed by atoms with E-state index in [2.05, 4.69) is 38.8 Å². The smallest absolute Gasteiger partial charge is 0.350 e. The van der Waals surface area contributed by atoms with Crippen LogP contribution in [-0.2, 0) is 4.43 Å². The lowest BCUT2D eigenvalue weighted by Gasteiger charge is -2.37. The molecule has 1 aromatic heterocycles. The number of nitrogens with two attached hydrogens (primary N) is 1. The molecule has 0 saturated carbocycles. The first-order valence-electron chi connectivity index (χ1n) is 7.94. The monoisotopic (exact) mass is 373 g/mol. The molecule has 0 aliphatic carbocycles. The summed E-state index contributed by atoms with van der Waals surface area (Å²) in [6, 6.07) is 1.50. The van der Waals surface area contributed by atoms with Crippen LogP contribution in [0.5, 0.6) is 0 Å². The molecule has 7 nitrogen and oxygen atoms in total. The number of thioether (sulfide) groups is 1. The zero-order valence-corrected chi connectivity index (χ0v) is 16.6. The lowest BCUT2D eigenvalue weighted by atomic mass is 10.1. The molecule has 24 heavy (non-hydrogen) atoms. The maximum Gasteiger partial charge on any atom is 0.350 e. The molecule has 4 atom stereocenters. The average Bonchev–Trinajstić information content (AvgIpc) is 2.72. The third kappa shape index (κ3) is 3.85. The molecule has 1 aliphatic heterocycles. The van der Waals surface area contributed by atoms with Crippen molar-refractivity contribution in [3.63, 3.8) is 0 Å². The number of aliphatic hydroxyl groups excluding tert-OH is 2. The third-order valence-electron chi connectivity index (χ3n) is 4.88. The van der Waals surface area contributed by atoms with Crippen molar-refractivity contribution in [2.75, 3.05) is 12.3 Å². The van der Waals surface area contributed by atoms with E-state index in [4.69, 9.17) is 10.2 Å². The SMILES string of the molecule is CC(C)(C)[Si](C)(C)OC[C@H]1S[C@@H](n2ccc(N)nc2=O)[C@H](O)[C@@H]1O. The lowest BCUT2D eigenvalue weighted by Crippen LogP contribution is -2.44. The number of nitrogen functional groups attached to an aromatic ring is 1. The van der Waals surface area contributed by atoms with Gasteiger partial charge in [-0.3, -0.25) is 4.57 Å². The second-order valence-electron chi connectivity index (χ2n) is 7.66. The van der Waals surface area contributed by atoms with Crippen molar-refractivity contribution < 1.29 is 14.6 Å². The van der Waals surface area contributed by atoms with Gasteiger partial charge in [0.25, 0.3) is 0 Å². The second kappa shape index (κ2) is 6.79. The molecular formula is C15H27N3O4SSi. The Morgan fingerprint density at radius 1 is 1.38 bits per heavy atom. The van der Waals surface area contributed by atoms with Crippen LogP contribution in [0.2, 0.25) is 18.1 Å². The molecular weight excluding hydrogens is 346 g/mol. The topological polar surface area (TPSA) is 111 Å². The van der Waals surface area contributed by atoms with Crippen LogP contribution in [-0.4, -0.2) is 52.1 Å². The fourth-order valence-electron chi connectivity index (χ4n) is 2.22. The van der Waals surface area contributed by atoms with Gasteiger partial charge < -0.3 is 20.4 Å². The number of aliphatic hydroxyl groups is 2. The van der Waals surface area contributed by atoms with E-state index in [1.807, 2.05) is 0 Å². The molecule has 0 spiro atoms. The van der Waals surface area contributed by atoms with Crippen LogP contribution < -0.4 is 11.4 Å². The quantitative estimate of drug-likeness (QED) is 0.680. The van der Waals surface area contributed by atoms with Gasteiger partial charge in [-0.2, -0.15) is 4.98 Å². The maximum atomic E-state index is 12.0. The van der Waals surface area contributed by atoms with Crippen LogP contribution in [0.3, 0.4) is 0 Å². The van der Waals surface area contributed by atoms with Crippen molar-refractivity contribution >= 4 is 25.9 Å². The Bertz CT molecular complexity index is 646. The predicted molar refractivity (Wildman–Crippen MR) is 98.5 cm³/mol. The Morgan fingerprint density at radius 2 is 2.00 bits per heavy atom. The highest BCUT2D eigenvalue weighted by atomic mass is 32.2. The Labute approximate surface area is 147 Å². The van der Waals surface area contributed by atoms with Crippen molar-refractivity contribution in [1.29, 1.82) is 0 Å². The molecule has 4 N–H and O–H groups in total.